The predicted octanol–water partition coefficient (Wildman–Crippen LogP) is 33.0. The molecule has 27 aromatic rings. The van der Waals surface area contributed by atoms with Gasteiger partial charge in [0.2, 0.25) is 0 Å². The number of rotatable bonds is 4. The summed E-state index contributed by atoms with van der Waals surface area (Å²) in [5.74, 6) is -0.681. The molecule has 0 unspecified atom stereocenters. The van der Waals surface area contributed by atoms with E-state index in [0.717, 1.165) is 180 Å². The van der Waals surface area contributed by atoms with Crippen molar-refractivity contribution in [3.05, 3.63) is 355 Å². The summed E-state index contributed by atoms with van der Waals surface area (Å²) in [4.78, 5) is 5.88. The maximum Gasteiger partial charge on any atom is 0.161 e. The Hall–Kier alpha value is -14.9. The average molecular weight is 1570 g/mol. The smallest absolute Gasteiger partial charge is 0.161 e. The standard InChI is InChI=1S/C40H22O2S.C39H22F2O2.C29H14ClNO2/c1-2-9-23(10-3-1)29-22-31-37-28-14-6-15-33-38(28)36(30-21-24(18-19-32(30)41-33)35-17-8-20-43-35)27-13-7-16-34(39(27)37)42-40(31)26-12-5-4-11-25(26)29;1-21-13-15-23(16-14-21)27-18-29-35(20-31(27)41)43-33-12-5-9-24-36-28-17-26(22-7-3-2-4-8-22)30(40)19-34(28)42-32-11-6-10-25(38(32)36)37(29)39(24)33;30-20-14-19-25-18-8-3-11-22-26(18)24(16-6-1-2-10-21(16)32-22)17-7-4-12-23(27(17)25)33-29(19)28-15(20)9-5-13-31-28/h1-22H;2-20H,1H3;1-14H. The fraction of sp³-hybridized carbons (Fsp3) is 0.00926. The summed E-state index contributed by atoms with van der Waals surface area (Å²) in [6.07, 6.45) is 1.78. The molecule has 0 saturated heterocycles. The fourth-order valence-corrected chi connectivity index (χ4v) is 20.3. The molecule has 0 bridgehead atoms. The van der Waals surface area contributed by atoms with Crippen LogP contribution >= 0.6 is 22.9 Å². The Morgan fingerprint density at radius 2 is 0.630 bits per heavy atom. The number of halogens is 3. The van der Waals surface area contributed by atoms with Crippen molar-refractivity contribution in [1.82, 2.24) is 4.98 Å². The minimum atomic E-state index is -0.341. The molecule has 0 aliphatic heterocycles. The monoisotopic (exact) mass is 1570 g/mol. The van der Waals surface area contributed by atoms with E-state index in [-0.39, 0.29) is 11.6 Å². The molecule has 0 atom stereocenters. The van der Waals surface area contributed by atoms with Crippen LogP contribution in [0.1, 0.15) is 5.56 Å². The highest BCUT2D eigenvalue weighted by molar-refractivity contribution is 7.13. The molecule has 19 aromatic carbocycles. The summed E-state index contributed by atoms with van der Waals surface area (Å²) >= 11 is 8.51. The minimum Gasteiger partial charge on any atom is -0.456 e. The van der Waals surface area contributed by atoms with E-state index in [9.17, 15) is 0 Å². The van der Waals surface area contributed by atoms with Crippen molar-refractivity contribution in [1.29, 1.82) is 0 Å². The Balaban J connectivity index is 0.000000100. The summed E-state index contributed by atoms with van der Waals surface area (Å²) in [6, 6.07) is 108. The molecule has 11 heteroatoms. The Morgan fingerprint density at radius 3 is 1.15 bits per heavy atom. The molecular weight excluding hydrogens is 1510 g/mol. The first-order chi connectivity index (χ1) is 58.7. The van der Waals surface area contributed by atoms with Gasteiger partial charge in [-0.25, -0.2) is 8.78 Å². The lowest BCUT2D eigenvalue weighted by Crippen LogP contribution is -1.93. The Labute approximate surface area is 682 Å². The zero-order valence-electron chi connectivity index (χ0n) is 63.2. The SMILES string of the molecule is Cc1ccc(-c2cc3c(cc2F)oc2cccc4c2c3c2cccc3oc5cc(F)c(-c6ccccc6)cc5c4c32)cc1.Clc1cc2c(oc3cccc4c3c2c2cccc3oc5ccccc5c4c32)c2ncccc12.c1ccc(-c2cc3c(oc4cccc5c4c3c3cccc4oc6ccc(-c7cccs7)cc6c5c43)c3ccccc23)cc1. The molecule has 7 nitrogen and oxygen atoms in total. The van der Waals surface area contributed by atoms with E-state index in [4.69, 9.17) is 38.1 Å². The number of para-hydroxylation sites is 1. The molecule has 0 radical (unpaired) electrons. The van der Waals surface area contributed by atoms with Crippen molar-refractivity contribution in [3.63, 3.8) is 0 Å². The van der Waals surface area contributed by atoms with Gasteiger partial charge in [0.15, 0.2) is 5.58 Å². The third kappa shape index (κ3) is 10.0. The predicted molar refractivity (Wildman–Crippen MR) is 490 cm³/mol. The van der Waals surface area contributed by atoms with Gasteiger partial charge in [0.1, 0.15) is 78.6 Å². The van der Waals surface area contributed by atoms with Crippen LogP contribution in [0.5, 0.6) is 0 Å². The number of hydrogen-bond donors (Lipinski definition) is 0. The van der Waals surface area contributed by atoms with Gasteiger partial charge >= 0.3 is 0 Å². The number of nitrogens with zero attached hydrogens (tertiary/aromatic N) is 1. The number of pyridine rings is 1. The zero-order valence-corrected chi connectivity index (χ0v) is 64.8. The third-order valence-corrected chi connectivity index (χ3v) is 25.6. The highest BCUT2D eigenvalue weighted by Crippen LogP contribution is 2.53. The summed E-state index contributed by atoms with van der Waals surface area (Å²) in [5.41, 5.74) is 17.2. The summed E-state index contributed by atoms with van der Waals surface area (Å²) in [5, 5.41) is 31.5. The molecule has 0 saturated carbocycles. The van der Waals surface area contributed by atoms with Crippen molar-refractivity contribution in [2.45, 2.75) is 6.92 Å². The highest BCUT2D eigenvalue weighted by atomic mass is 35.5. The second-order valence-electron chi connectivity index (χ2n) is 30.9. The number of aromatic nitrogens is 1. The molecule has 0 N–H and O–H groups in total. The van der Waals surface area contributed by atoms with Crippen LogP contribution in [-0.4, -0.2) is 4.98 Å². The topological polar surface area (TPSA) is 91.7 Å². The van der Waals surface area contributed by atoms with E-state index >= 15 is 8.78 Å². The van der Waals surface area contributed by atoms with Gasteiger partial charge in [-0.05, 0) is 181 Å². The summed E-state index contributed by atoms with van der Waals surface area (Å²) in [6.45, 7) is 2.02. The van der Waals surface area contributed by atoms with E-state index in [1.165, 1.54) is 66.0 Å². The first kappa shape index (κ1) is 67.4. The Morgan fingerprint density at radius 1 is 0.252 bits per heavy atom. The molecule has 8 aromatic heterocycles. The van der Waals surface area contributed by atoms with E-state index in [1.54, 1.807) is 17.5 Å². The maximum absolute atomic E-state index is 15.6. The molecule has 0 aliphatic rings. The molecule has 0 aliphatic carbocycles. The van der Waals surface area contributed by atoms with E-state index in [1.807, 2.05) is 140 Å². The van der Waals surface area contributed by atoms with E-state index < -0.39 is 0 Å². The van der Waals surface area contributed by atoms with Gasteiger partial charge < -0.3 is 26.5 Å². The van der Waals surface area contributed by atoms with Gasteiger partial charge in [-0.15, -0.1) is 11.3 Å². The first-order valence-electron chi connectivity index (χ1n) is 39.6. The van der Waals surface area contributed by atoms with Crippen LogP contribution in [0.4, 0.5) is 8.78 Å². The van der Waals surface area contributed by atoms with Gasteiger partial charge in [0.05, 0.1) is 5.02 Å². The number of hydrogen-bond acceptors (Lipinski definition) is 8. The number of benzene rings is 19. The quantitative estimate of drug-likeness (QED) is 0.128. The van der Waals surface area contributed by atoms with Gasteiger partial charge in [0, 0.05) is 142 Å². The van der Waals surface area contributed by atoms with Gasteiger partial charge in [0.25, 0.3) is 0 Å². The van der Waals surface area contributed by atoms with Crippen molar-refractivity contribution in [2.75, 3.05) is 0 Å². The molecule has 0 fully saturated rings. The normalized spacial score (nSPS) is 12.2. The van der Waals surface area contributed by atoms with E-state index in [2.05, 4.69) is 186 Å². The maximum atomic E-state index is 15.6. The van der Waals surface area contributed by atoms with Crippen LogP contribution < -0.4 is 0 Å². The molecular formula is C108H58ClF2NO6S. The van der Waals surface area contributed by atoms with Gasteiger partial charge in [-0.2, -0.15) is 0 Å². The molecule has 558 valence electrons. The Bertz CT molecular complexity index is 9050. The number of fused-ring (bicyclic) bond motifs is 22. The van der Waals surface area contributed by atoms with Crippen LogP contribution in [0, 0.1) is 18.6 Å². The number of aryl methyl sites for hydroxylation is 1. The van der Waals surface area contributed by atoms with Crippen molar-refractivity contribution >= 4 is 241 Å². The average Bonchev–Trinajstić information content (AvgIpc) is 1.04. The van der Waals surface area contributed by atoms with Gasteiger partial charge in [-0.3, -0.25) is 4.98 Å². The van der Waals surface area contributed by atoms with E-state index in [0.29, 0.717) is 38.5 Å². The molecule has 119 heavy (non-hydrogen) atoms. The molecule has 0 spiro atoms. The molecule has 0 amide bonds. The highest BCUT2D eigenvalue weighted by Gasteiger charge is 2.28. The van der Waals surface area contributed by atoms with Crippen LogP contribution in [-0.2, 0) is 0 Å². The summed E-state index contributed by atoms with van der Waals surface area (Å²) in [7, 11) is 0. The minimum absolute atomic E-state index is 0.339. The largest absolute Gasteiger partial charge is 0.456 e. The Kier molecular flexibility index (Phi) is 14.6. The van der Waals surface area contributed by atoms with Gasteiger partial charge in [-0.1, -0.05) is 223 Å². The summed E-state index contributed by atoms with van der Waals surface area (Å²) < 4.78 is 70.3. The lowest BCUT2D eigenvalue weighted by Gasteiger charge is -2.18. The lowest BCUT2D eigenvalue weighted by atomic mass is 9.88. The number of thiophene rings is 1. The van der Waals surface area contributed by atoms with Crippen molar-refractivity contribution in [3.8, 4) is 43.8 Å². The molecule has 27 rings (SSSR count). The van der Waals surface area contributed by atoms with Crippen LogP contribution in [0.2, 0.25) is 5.02 Å². The second-order valence-corrected chi connectivity index (χ2v) is 32.2. The first-order valence-corrected chi connectivity index (χ1v) is 40.8. The van der Waals surface area contributed by atoms with Crippen LogP contribution in [0.3, 0.4) is 0 Å². The second kappa shape index (κ2) is 25.8. The van der Waals surface area contributed by atoms with Crippen LogP contribution in [0.25, 0.3) is 262 Å². The molecule has 8 heterocycles. The van der Waals surface area contributed by atoms with Crippen molar-refractivity contribution < 1.29 is 35.3 Å². The lowest BCUT2D eigenvalue weighted by molar-refractivity contribution is 0.618. The van der Waals surface area contributed by atoms with Crippen molar-refractivity contribution in [2.24, 2.45) is 0 Å². The third-order valence-electron chi connectivity index (χ3n) is 24.3. The fourth-order valence-electron chi connectivity index (χ4n) is 19.3. The zero-order chi connectivity index (χ0) is 78.6. The van der Waals surface area contributed by atoms with Crippen LogP contribution in [0.15, 0.2) is 360 Å².